The number of allylic oxidation sites excluding steroid dienone is 9. The van der Waals surface area contributed by atoms with Crippen LogP contribution >= 0.6 is 0 Å². The van der Waals surface area contributed by atoms with Crippen LogP contribution in [0.3, 0.4) is 0 Å². The smallest absolute Gasteiger partial charge is 0.220 e. The first-order valence-corrected chi connectivity index (χ1v) is 27.5. The fourth-order valence-electron chi connectivity index (χ4n) is 8.40. The summed E-state index contributed by atoms with van der Waals surface area (Å²) < 4.78 is 11.2. The summed E-state index contributed by atoms with van der Waals surface area (Å²) in [6.07, 6.45) is 55.7. The Morgan fingerprint density at radius 1 is 0.515 bits per heavy atom. The zero-order valence-corrected chi connectivity index (χ0v) is 42.4. The molecule has 0 spiro atoms. The predicted molar refractivity (Wildman–Crippen MR) is 276 cm³/mol. The van der Waals surface area contributed by atoms with Crippen molar-refractivity contribution in [2.24, 2.45) is 0 Å². The van der Waals surface area contributed by atoms with Gasteiger partial charge < -0.3 is 40.3 Å². The van der Waals surface area contributed by atoms with Gasteiger partial charge in [0.25, 0.3) is 0 Å². The fraction of sp³-hybridized carbons (Fsp3) is 0.807. The first-order valence-electron chi connectivity index (χ1n) is 27.5. The van der Waals surface area contributed by atoms with E-state index in [2.05, 4.69) is 67.8 Å². The second kappa shape index (κ2) is 46.6. The Morgan fingerprint density at radius 3 is 1.36 bits per heavy atom. The zero-order valence-electron chi connectivity index (χ0n) is 42.4. The summed E-state index contributed by atoms with van der Waals surface area (Å²) in [4.78, 5) is 13.0. The molecule has 6 N–H and O–H groups in total. The second-order valence-electron chi connectivity index (χ2n) is 19.0. The van der Waals surface area contributed by atoms with Crippen LogP contribution in [0, 0.1) is 0 Å². The lowest BCUT2D eigenvalue weighted by molar-refractivity contribution is -0.302. The van der Waals surface area contributed by atoms with Gasteiger partial charge in [-0.3, -0.25) is 4.79 Å². The average molecular weight is 930 g/mol. The summed E-state index contributed by atoms with van der Waals surface area (Å²) in [5.41, 5.74) is 0. The molecule has 0 aromatic rings. The van der Waals surface area contributed by atoms with Gasteiger partial charge in [-0.1, -0.05) is 216 Å². The van der Waals surface area contributed by atoms with Crippen molar-refractivity contribution in [2.45, 2.75) is 281 Å². The number of nitrogens with one attached hydrogen (secondary N) is 1. The van der Waals surface area contributed by atoms with E-state index in [1.54, 1.807) is 6.08 Å². The van der Waals surface area contributed by atoms with Crippen molar-refractivity contribution < 1.29 is 39.8 Å². The third kappa shape index (κ3) is 36.0. The second-order valence-corrected chi connectivity index (χ2v) is 19.0. The van der Waals surface area contributed by atoms with E-state index in [0.717, 1.165) is 57.8 Å². The molecule has 0 aliphatic carbocycles. The van der Waals surface area contributed by atoms with Gasteiger partial charge in [0.1, 0.15) is 24.4 Å². The highest BCUT2D eigenvalue weighted by Gasteiger charge is 2.44. The lowest BCUT2D eigenvalue weighted by Gasteiger charge is -2.40. The van der Waals surface area contributed by atoms with Crippen LogP contribution in [0.25, 0.3) is 0 Å². The molecular formula is C57H103NO8. The number of aliphatic hydroxyl groups excluding tert-OH is 5. The van der Waals surface area contributed by atoms with Crippen molar-refractivity contribution in [1.82, 2.24) is 5.32 Å². The first kappa shape index (κ1) is 61.9. The highest BCUT2D eigenvalue weighted by Crippen LogP contribution is 2.23. The standard InChI is InChI=1S/C57H103NO8/c1-3-5-7-9-11-13-15-17-19-21-22-23-24-25-26-27-28-29-30-31-33-35-37-39-41-43-45-47-53(61)58-50(49-65-57-56(64)55(63)54(62)52(48-59)66-57)51(60)46-44-42-40-38-36-34-32-20-18-16-14-12-10-8-6-4-2/h15,17-18,20-22,36,38,44,46,50-52,54-57,59-60,62-64H,3-14,16,19,23-35,37,39-43,45,47-49H2,1-2H3,(H,58,61)/b17-15-,20-18+,22-21-,38-36+,46-44+. The number of carbonyl (C=O) groups is 1. The minimum Gasteiger partial charge on any atom is -0.394 e. The number of aliphatic hydroxyl groups is 5. The number of ether oxygens (including phenoxy) is 2. The molecule has 7 unspecified atom stereocenters. The van der Waals surface area contributed by atoms with E-state index in [1.807, 2.05) is 6.08 Å². The molecule has 0 aromatic heterocycles. The van der Waals surface area contributed by atoms with E-state index in [0.29, 0.717) is 6.42 Å². The van der Waals surface area contributed by atoms with Crippen molar-refractivity contribution in [3.63, 3.8) is 0 Å². The fourth-order valence-corrected chi connectivity index (χ4v) is 8.40. The number of unbranched alkanes of at least 4 members (excludes halogenated alkanes) is 28. The summed E-state index contributed by atoms with van der Waals surface area (Å²) in [6, 6.07) is -0.829. The van der Waals surface area contributed by atoms with Gasteiger partial charge in [-0.05, 0) is 77.0 Å². The largest absolute Gasteiger partial charge is 0.394 e. The Labute approximate surface area is 405 Å². The minimum absolute atomic E-state index is 0.191. The van der Waals surface area contributed by atoms with Gasteiger partial charge in [-0.25, -0.2) is 0 Å². The third-order valence-corrected chi connectivity index (χ3v) is 12.8. The van der Waals surface area contributed by atoms with E-state index in [-0.39, 0.29) is 12.5 Å². The monoisotopic (exact) mass is 930 g/mol. The molecule has 1 rings (SSSR count). The molecule has 1 amide bonds. The molecule has 9 nitrogen and oxygen atoms in total. The molecule has 0 saturated carbocycles. The molecule has 0 radical (unpaired) electrons. The number of amides is 1. The first-order chi connectivity index (χ1) is 32.3. The van der Waals surface area contributed by atoms with Gasteiger partial charge in [0.2, 0.25) is 5.91 Å². The molecule has 1 fully saturated rings. The van der Waals surface area contributed by atoms with Gasteiger partial charge in [-0.15, -0.1) is 0 Å². The van der Waals surface area contributed by atoms with E-state index < -0.39 is 49.5 Å². The van der Waals surface area contributed by atoms with Gasteiger partial charge in [0.15, 0.2) is 6.29 Å². The number of hydrogen-bond acceptors (Lipinski definition) is 8. The van der Waals surface area contributed by atoms with Crippen molar-refractivity contribution in [1.29, 1.82) is 0 Å². The van der Waals surface area contributed by atoms with Crippen molar-refractivity contribution in [3.8, 4) is 0 Å². The molecule has 1 saturated heterocycles. The SMILES string of the molecule is CCCCCCC/C=C\C/C=C\CCCCCCCCCCCCCCCCCC(=O)NC(COC1OC(CO)C(O)C(O)C1O)C(O)/C=C/CC/C=C/CC/C=C/CCCCCCCC. The van der Waals surface area contributed by atoms with Crippen LogP contribution in [0.4, 0.5) is 0 Å². The highest BCUT2D eigenvalue weighted by atomic mass is 16.7. The average Bonchev–Trinajstić information content (AvgIpc) is 3.32. The van der Waals surface area contributed by atoms with Crippen molar-refractivity contribution >= 4 is 5.91 Å². The van der Waals surface area contributed by atoms with Crippen LogP contribution in [-0.4, -0.2) is 87.5 Å². The normalized spacial score (nSPS) is 20.3. The van der Waals surface area contributed by atoms with E-state index in [4.69, 9.17) is 9.47 Å². The lowest BCUT2D eigenvalue weighted by atomic mass is 9.99. The quantitative estimate of drug-likeness (QED) is 0.0261. The molecule has 0 aromatic carbocycles. The maximum atomic E-state index is 13.0. The van der Waals surface area contributed by atoms with Crippen molar-refractivity contribution in [3.05, 3.63) is 60.8 Å². The molecule has 66 heavy (non-hydrogen) atoms. The molecule has 0 bridgehead atoms. The molecule has 1 aliphatic rings. The summed E-state index contributed by atoms with van der Waals surface area (Å²) in [7, 11) is 0. The van der Waals surface area contributed by atoms with Crippen molar-refractivity contribution in [2.75, 3.05) is 13.2 Å². The molecule has 7 atom stereocenters. The predicted octanol–water partition coefficient (Wildman–Crippen LogP) is 13.1. The molecule has 1 aliphatic heterocycles. The summed E-state index contributed by atoms with van der Waals surface area (Å²) in [6.45, 7) is 3.74. The minimum atomic E-state index is -1.58. The van der Waals surface area contributed by atoms with Crippen LogP contribution < -0.4 is 5.32 Å². The molecule has 1 heterocycles. The summed E-state index contributed by atoms with van der Waals surface area (Å²) in [5.74, 6) is -0.191. The van der Waals surface area contributed by atoms with Gasteiger partial charge >= 0.3 is 0 Å². The Balaban J connectivity index is 2.24. The third-order valence-electron chi connectivity index (χ3n) is 12.8. The maximum absolute atomic E-state index is 13.0. The maximum Gasteiger partial charge on any atom is 0.220 e. The Morgan fingerprint density at radius 2 is 0.909 bits per heavy atom. The number of carbonyl (C=O) groups excluding carboxylic acids is 1. The van der Waals surface area contributed by atoms with E-state index >= 15 is 0 Å². The van der Waals surface area contributed by atoms with Gasteiger partial charge in [-0.2, -0.15) is 0 Å². The summed E-state index contributed by atoms with van der Waals surface area (Å²) >= 11 is 0. The molecule has 9 heteroatoms. The van der Waals surface area contributed by atoms with Crippen LogP contribution in [0.15, 0.2) is 60.8 Å². The number of rotatable bonds is 46. The highest BCUT2D eigenvalue weighted by molar-refractivity contribution is 5.76. The molecular weight excluding hydrogens is 827 g/mol. The van der Waals surface area contributed by atoms with Gasteiger partial charge in [0.05, 0.1) is 25.4 Å². The number of hydrogen-bond donors (Lipinski definition) is 6. The van der Waals surface area contributed by atoms with Gasteiger partial charge in [0, 0.05) is 6.42 Å². The topological polar surface area (TPSA) is 149 Å². The van der Waals surface area contributed by atoms with Crippen LogP contribution in [-0.2, 0) is 14.3 Å². The zero-order chi connectivity index (χ0) is 48.0. The Bertz CT molecular complexity index is 1220. The Hall–Kier alpha value is -2.11. The summed E-state index contributed by atoms with van der Waals surface area (Å²) in [5, 5.41) is 54.4. The van der Waals surface area contributed by atoms with E-state index in [9.17, 15) is 30.3 Å². The molecule has 384 valence electrons. The van der Waals surface area contributed by atoms with Crippen LogP contribution in [0.5, 0.6) is 0 Å². The van der Waals surface area contributed by atoms with Crippen LogP contribution in [0.2, 0.25) is 0 Å². The lowest BCUT2D eigenvalue weighted by Crippen LogP contribution is -2.60. The van der Waals surface area contributed by atoms with E-state index in [1.165, 1.54) is 161 Å². The Kier molecular flexibility index (Phi) is 43.7. The van der Waals surface area contributed by atoms with Crippen LogP contribution in [0.1, 0.15) is 239 Å².